The van der Waals surface area contributed by atoms with Crippen molar-refractivity contribution in [3.8, 4) is 5.75 Å². The van der Waals surface area contributed by atoms with Crippen molar-refractivity contribution < 1.29 is 9.53 Å². The number of ether oxygens (including phenoxy) is 1. The van der Waals surface area contributed by atoms with Crippen molar-refractivity contribution in [1.82, 2.24) is 16.0 Å². The number of amides is 1. The van der Waals surface area contributed by atoms with Crippen LogP contribution in [0.2, 0.25) is 0 Å². The quantitative estimate of drug-likeness (QED) is 0.581. The van der Waals surface area contributed by atoms with Crippen molar-refractivity contribution in [1.29, 1.82) is 0 Å². The molecule has 6 heteroatoms. The standard InChI is InChI=1S/C18H26N4O2/c1-18(2)10-14(13-6-4-5-7-15(13)24-18)22-17(19-3)20-11-16(23)21-12-8-9-12/h4-7,12,14H,8-11H2,1-3H3,(H,21,23)(H2,19,20,22). The van der Waals surface area contributed by atoms with Crippen LogP contribution in [0, 0.1) is 0 Å². The molecular formula is C18H26N4O2. The normalized spacial score (nSPS) is 22.1. The highest BCUT2D eigenvalue weighted by molar-refractivity contribution is 5.86. The van der Waals surface area contributed by atoms with Crippen molar-refractivity contribution in [2.24, 2.45) is 4.99 Å². The molecule has 3 rings (SSSR count). The van der Waals surface area contributed by atoms with E-state index in [0.29, 0.717) is 12.0 Å². The fourth-order valence-corrected chi connectivity index (χ4v) is 2.96. The Morgan fingerprint density at radius 2 is 2.04 bits per heavy atom. The Balaban J connectivity index is 1.63. The van der Waals surface area contributed by atoms with Gasteiger partial charge >= 0.3 is 0 Å². The highest BCUT2D eigenvalue weighted by Gasteiger charge is 2.34. The number of aliphatic imine (C=N–C) groups is 1. The summed E-state index contributed by atoms with van der Waals surface area (Å²) in [5, 5.41) is 9.48. The average Bonchev–Trinajstić information content (AvgIpc) is 3.34. The third-order valence-corrected chi connectivity index (χ3v) is 4.27. The molecule has 130 valence electrons. The summed E-state index contributed by atoms with van der Waals surface area (Å²) in [6.07, 6.45) is 3.00. The molecule has 2 aliphatic rings. The molecule has 0 bridgehead atoms. The predicted octanol–water partition coefficient (Wildman–Crippen LogP) is 1.73. The van der Waals surface area contributed by atoms with E-state index in [1.54, 1.807) is 7.05 Å². The second-order valence-electron chi connectivity index (χ2n) is 7.07. The number of rotatable bonds is 4. The minimum atomic E-state index is -0.256. The van der Waals surface area contributed by atoms with Crippen molar-refractivity contribution >= 4 is 11.9 Å². The van der Waals surface area contributed by atoms with Gasteiger partial charge in [0.15, 0.2) is 5.96 Å². The van der Waals surface area contributed by atoms with E-state index in [4.69, 9.17) is 4.74 Å². The van der Waals surface area contributed by atoms with E-state index in [2.05, 4.69) is 40.9 Å². The summed E-state index contributed by atoms with van der Waals surface area (Å²) in [5.41, 5.74) is 0.857. The smallest absolute Gasteiger partial charge is 0.239 e. The summed E-state index contributed by atoms with van der Waals surface area (Å²) in [5.74, 6) is 1.53. The summed E-state index contributed by atoms with van der Waals surface area (Å²) in [6.45, 7) is 4.39. The molecule has 24 heavy (non-hydrogen) atoms. The van der Waals surface area contributed by atoms with Crippen molar-refractivity contribution in [2.75, 3.05) is 13.6 Å². The van der Waals surface area contributed by atoms with E-state index >= 15 is 0 Å². The van der Waals surface area contributed by atoms with Crippen molar-refractivity contribution in [3.05, 3.63) is 29.8 Å². The lowest BCUT2D eigenvalue weighted by molar-refractivity contribution is -0.120. The zero-order valence-electron chi connectivity index (χ0n) is 14.6. The van der Waals surface area contributed by atoms with Gasteiger partial charge in [-0.1, -0.05) is 18.2 Å². The number of benzene rings is 1. The summed E-state index contributed by atoms with van der Waals surface area (Å²) in [6, 6.07) is 8.50. The fourth-order valence-electron chi connectivity index (χ4n) is 2.96. The second-order valence-corrected chi connectivity index (χ2v) is 7.07. The lowest BCUT2D eigenvalue weighted by Crippen LogP contribution is -2.47. The first-order chi connectivity index (χ1) is 11.5. The Morgan fingerprint density at radius 1 is 1.29 bits per heavy atom. The van der Waals surface area contributed by atoms with Gasteiger partial charge in [-0.25, -0.2) is 0 Å². The van der Waals surface area contributed by atoms with Gasteiger partial charge in [0.25, 0.3) is 0 Å². The molecule has 1 saturated carbocycles. The summed E-state index contributed by atoms with van der Waals surface area (Å²) in [4.78, 5) is 16.1. The molecule has 1 unspecified atom stereocenters. The number of para-hydroxylation sites is 1. The lowest BCUT2D eigenvalue weighted by Gasteiger charge is -2.38. The van der Waals surface area contributed by atoms with Gasteiger partial charge in [-0.05, 0) is 32.8 Å². The average molecular weight is 330 g/mol. The third kappa shape index (κ3) is 4.19. The van der Waals surface area contributed by atoms with Crippen LogP contribution in [0.15, 0.2) is 29.3 Å². The summed E-state index contributed by atoms with van der Waals surface area (Å²) < 4.78 is 6.05. The molecule has 1 amide bonds. The molecule has 0 saturated heterocycles. The maximum Gasteiger partial charge on any atom is 0.239 e. The molecule has 6 nitrogen and oxygen atoms in total. The molecule has 1 aliphatic heterocycles. The maximum absolute atomic E-state index is 11.8. The van der Waals surface area contributed by atoms with Gasteiger partial charge in [0, 0.05) is 25.1 Å². The Hall–Kier alpha value is -2.24. The zero-order valence-corrected chi connectivity index (χ0v) is 14.6. The van der Waals surface area contributed by atoms with Gasteiger partial charge in [0.2, 0.25) is 5.91 Å². The number of carbonyl (C=O) groups is 1. The summed E-state index contributed by atoms with van der Waals surface area (Å²) in [7, 11) is 1.71. The SMILES string of the molecule is CN=C(NCC(=O)NC1CC1)NC1CC(C)(C)Oc2ccccc21. The first kappa shape index (κ1) is 16.6. The third-order valence-electron chi connectivity index (χ3n) is 4.27. The number of nitrogens with one attached hydrogen (secondary N) is 3. The minimum Gasteiger partial charge on any atom is -0.487 e. The van der Waals surface area contributed by atoms with Crippen molar-refractivity contribution in [2.45, 2.75) is 50.8 Å². The highest BCUT2D eigenvalue weighted by Crippen LogP contribution is 2.39. The molecule has 1 aliphatic carbocycles. The molecule has 0 radical (unpaired) electrons. The highest BCUT2D eigenvalue weighted by atomic mass is 16.5. The number of nitrogens with zero attached hydrogens (tertiary/aromatic N) is 1. The molecule has 0 spiro atoms. The first-order valence-corrected chi connectivity index (χ1v) is 8.51. The zero-order chi connectivity index (χ0) is 17.2. The monoisotopic (exact) mass is 330 g/mol. The molecule has 1 atom stereocenters. The molecule has 1 aromatic carbocycles. The van der Waals surface area contributed by atoms with Crippen LogP contribution in [-0.2, 0) is 4.79 Å². The van der Waals surface area contributed by atoms with Crippen LogP contribution in [0.4, 0.5) is 0 Å². The van der Waals surface area contributed by atoms with E-state index in [1.807, 2.05) is 18.2 Å². The van der Waals surface area contributed by atoms with Crippen LogP contribution in [-0.4, -0.2) is 37.1 Å². The Kier molecular flexibility index (Phi) is 4.64. The molecular weight excluding hydrogens is 304 g/mol. The van der Waals surface area contributed by atoms with Crippen LogP contribution in [0.1, 0.15) is 44.7 Å². The molecule has 1 fully saturated rings. The summed E-state index contributed by atoms with van der Waals surface area (Å²) >= 11 is 0. The predicted molar refractivity (Wildman–Crippen MR) is 94.2 cm³/mol. The topological polar surface area (TPSA) is 74.8 Å². The van der Waals surface area contributed by atoms with E-state index < -0.39 is 0 Å². The van der Waals surface area contributed by atoms with Crippen LogP contribution >= 0.6 is 0 Å². The first-order valence-electron chi connectivity index (χ1n) is 8.51. The molecule has 3 N–H and O–H groups in total. The van der Waals surface area contributed by atoms with Gasteiger partial charge in [0.1, 0.15) is 11.4 Å². The second kappa shape index (κ2) is 6.71. The maximum atomic E-state index is 11.8. The number of hydrogen-bond acceptors (Lipinski definition) is 3. The van der Waals surface area contributed by atoms with E-state index in [1.165, 1.54) is 0 Å². The number of carbonyl (C=O) groups excluding carboxylic acids is 1. The Morgan fingerprint density at radius 3 is 2.75 bits per heavy atom. The minimum absolute atomic E-state index is 0.00755. The van der Waals surface area contributed by atoms with Gasteiger partial charge < -0.3 is 20.7 Å². The fraction of sp³-hybridized carbons (Fsp3) is 0.556. The van der Waals surface area contributed by atoms with Crippen LogP contribution in [0.25, 0.3) is 0 Å². The molecule has 0 aromatic heterocycles. The number of fused-ring (bicyclic) bond motifs is 1. The van der Waals surface area contributed by atoms with Gasteiger partial charge in [-0.2, -0.15) is 0 Å². The van der Waals surface area contributed by atoms with E-state index in [-0.39, 0.29) is 24.1 Å². The molecule has 1 heterocycles. The van der Waals surface area contributed by atoms with Crippen LogP contribution < -0.4 is 20.7 Å². The Bertz CT molecular complexity index is 638. The van der Waals surface area contributed by atoms with Gasteiger partial charge in [-0.3, -0.25) is 9.79 Å². The van der Waals surface area contributed by atoms with Crippen LogP contribution in [0.3, 0.4) is 0 Å². The van der Waals surface area contributed by atoms with Crippen molar-refractivity contribution in [3.63, 3.8) is 0 Å². The Labute approximate surface area is 143 Å². The van der Waals surface area contributed by atoms with Crippen LogP contribution in [0.5, 0.6) is 5.75 Å². The van der Waals surface area contributed by atoms with Gasteiger partial charge in [0.05, 0.1) is 12.6 Å². The lowest BCUT2D eigenvalue weighted by atomic mass is 9.90. The molecule has 1 aromatic rings. The number of hydrogen-bond donors (Lipinski definition) is 3. The van der Waals surface area contributed by atoms with E-state index in [9.17, 15) is 4.79 Å². The van der Waals surface area contributed by atoms with E-state index in [0.717, 1.165) is 30.6 Å². The largest absolute Gasteiger partial charge is 0.487 e. The number of guanidine groups is 1. The van der Waals surface area contributed by atoms with Gasteiger partial charge in [-0.15, -0.1) is 0 Å².